The first-order chi connectivity index (χ1) is 12.5. The number of aromatic hydroxyl groups is 1. The molecule has 1 atom stereocenters. The highest BCUT2D eigenvalue weighted by atomic mass is 16.5. The number of aromatic nitrogens is 2. The Labute approximate surface area is 149 Å². The van der Waals surface area contributed by atoms with Crippen LogP contribution in [0.15, 0.2) is 53.6 Å². The Morgan fingerprint density at radius 2 is 2.15 bits per heavy atom. The topological polar surface area (TPSA) is 84.1 Å². The van der Waals surface area contributed by atoms with Gasteiger partial charge in [0.25, 0.3) is 11.5 Å². The highest BCUT2D eigenvalue weighted by Gasteiger charge is 2.26. The number of rotatable bonds is 3. The molecule has 1 aliphatic heterocycles. The first-order valence-electron chi connectivity index (χ1n) is 8.24. The van der Waals surface area contributed by atoms with Crippen LogP contribution in [0, 0.1) is 0 Å². The van der Waals surface area contributed by atoms with Crippen LogP contribution in [-0.4, -0.2) is 45.0 Å². The van der Waals surface area contributed by atoms with Crippen LogP contribution >= 0.6 is 0 Å². The van der Waals surface area contributed by atoms with Gasteiger partial charge < -0.3 is 14.7 Å². The second-order valence-electron chi connectivity index (χ2n) is 6.30. The van der Waals surface area contributed by atoms with E-state index in [1.54, 1.807) is 7.05 Å². The summed E-state index contributed by atoms with van der Waals surface area (Å²) in [6.45, 7) is 0.357. The van der Waals surface area contributed by atoms with Crippen molar-refractivity contribution in [3.8, 4) is 11.5 Å². The Kier molecular flexibility index (Phi) is 3.84. The van der Waals surface area contributed by atoms with Crippen molar-refractivity contribution in [2.75, 3.05) is 13.6 Å². The summed E-state index contributed by atoms with van der Waals surface area (Å²) in [7, 11) is 1.63. The van der Waals surface area contributed by atoms with E-state index >= 15 is 0 Å². The van der Waals surface area contributed by atoms with Gasteiger partial charge in [0, 0.05) is 25.9 Å². The molecule has 0 unspecified atom stereocenters. The van der Waals surface area contributed by atoms with Gasteiger partial charge >= 0.3 is 0 Å². The molecular formula is C19H17N3O4. The number of carbonyl (C=O) groups is 1. The number of fused-ring (bicyclic) bond motifs is 2. The smallest absolute Gasteiger partial charge is 0.270 e. The molecule has 0 saturated heterocycles. The quantitative estimate of drug-likeness (QED) is 0.773. The third-order valence-electron chi connectivity index (χ3n) is 4.48. The molecule has 3 heterocycles. The second-order valence-corrected chi connectivity index (χ2v) is 6.30. The molecule has 1 amide bonds. The van der Waals surface area contributed by atoms with Crippen molar-refractivity contribution in [2.24, 2.45) is 0 Å². The van der Waals surface area contributed by atoms with Crippen LogP contribution in [0.3, 0.4) is 0 Å². The third-order valence-corrected chi connectivity index (χ3v) is 4.48. The summed E-state index contributed by atoms with van der Waals surface area (Å²) in [6.07, 6.45) is 3.25. The summed E-state index contributed by atoms with van der Waals surface area (Å²) in [6, 6.07) is 10.7. The molecule has 0 radical (unpaired) electrons. The summed E-state index contributed by atoms with van der Waals surface area (Å²) in [5.41, 5.74) is 0.664. The van der Waals surface area contributed by atoms with Gasteiger partial charge in [-0.15, -0.1) is 0 Å². The number of para-hydroxylation sites is 1. The fraction of sp³-hybridized carbons (Fsp3) is 0.211. The number of pyridine rings is 1. The van der Waals surface area contributed by atoms with Crippen molar-refractivity contribution in [1.29, 1.82) is 0 Å². The fourth-order valence-corrected chi connectivity index (χ4v) is 3.19. The lowest BCUT2D eigenvalue weighted by atomic mass is 10.1. The lowest BCUT2D eigenvalue weighted by Crippen LogP contribution is -2.39. The van der Waals surface area contributed by atoms with Gasteiger partial charge in [0.05, 0.1) is 6.54 Å². The molecule has 0 aliphatic carbocycles. The molecule has 0 fully saturated rings. The van der Waals surface area contributed by atoms with Crippen molar-refractivity contribution < 1.29 is 14.6 Å². The van der Waals surface area contributed by atoms with E-state index in [1.807, 2.05) is 24.3 Å². The summed E-state index contributed by atoms with van der Waals surface area (Å²) < 4.78 is 7.02. The third kappa shape index (κ3) is 2.67. The molecule has 3 aromatic rings. The molecule has 4 rings (SSSR count). The van der Waals surface area contributed by atoms with Crippen molar-refractivity contribution in [3.05, 3.63) is 70.3 Å². The van der Waals surface area contributed by atoms with E-state index in [-0.39, 0.29) is 23.1 Å². The minimum absolute atomic E-state index is 0.0499. The summed E-state index contributed by atoms with van der Waals surface area (Å²) in [4.78, 5) is 30.8. The highest BCUT2D eigenvalue weighted by Crippen LogP contribution is 2.28. The minimum atomic E-state index is -0.515. The Morgan fingerprint density at radius 1 is 1.35 bits per heavy atom. The molecule has 7 nitrogen and oxygen atoms in total. The number of hydrogen-bond acceptors (Lipinski definition) is 5. The first kappa shape index (κ1) is 16.1. The molecule has 132 valence electrons. The largest absolute Gasteiger partial charge is 0.504 e. The zero-order chi connectivity index (χ0) is 18.3. The summed E-state index contributed by atoms with van der Waals surface area (Å²) in [5, 5.41) is 9.78. The number of hydrogen-bond donors (Lipinski definition) is 1. The van der Waals surface area contributed by atoms with E-state index in [0.717, 1.165) is 17.7 Å². The van der Waals surface area contributed by atoms with Crippen molar-refractivity contribution >= 4 is 11.6 Å². The predicted octanol–water partition coefficient (Wildman–Crippen LogP) is 1.48. The average molecular weight is 351 g/mol. The van der Waals surface area contributed by atoms with Crippen LogP contribution in [0.4, 0.5) is 0 Å². The zero-order valence-corrected chi connectivity index (χ0v) is 14.1. The Hall–Kier alpha value is -3.35. The highest BCUT2D eigenvalue weighted by molar-refractivity contribution is 5.93. The molecule has 1 N–H and O–H groups in total. The molecule has 1 aromatic carbocycles. The number of nitrogens with zero attached hydrogens (tertiary/aromatic N) is 3. The first-order valence-corrected chi connectivity index (χ1v) is 8.24. The van der Waals surface area contributed by atoms with E-state index in [1.165, 1.54) is 33.8 Å². The van der Waals surface area contributed by atoms with E-state index in [0.29, 0.717) is 6.54 Å². The molecule has 1 aliphatic rings. The zero-order valence-electron chi connectivity index (χ0n) is 14.1. The van der Waals surface area contributed by atoms with Crippen LogP contribution in [-0.2, 0) is 6.42 Å². The van der Waals surface area contributed by atoms with E-state index in [4.69, 9.17) is 4.74 Å². The van der Waals surface area contributed by atoms with E-state index in [9.17, 15) is 14.7 Å². The van der Waals surface area contributed by atoms with Gasteiger partial charge in [-0.3, -0.25) is 14.0 Å². The number of amides is 1. The molecule has 26 heavy (non-hydrogen) atoms. The average Bonchev–Trinajstić information content (AvgIpc) is 3.04. The lowest BCUT2D eigenvalue weighted by molar-refractivity contribution is 0.0728. The van der Waals surface area contributed by atoms with Crippen LogP contribution < -0.4 is 10.3 Å². The standard InChI is InChI=1S/C19H17N3O4/c1-21(11-13-9-12-5-2-3-7-16(12)26-13)18(24)14-10-20-17-15(23)6-4-8-22(17)19(14)25/h2-8,10,13,23H,9,11H2,1H3/t13-/m0/s1. The maximum absolute atomic E-state index is 12.7. The van der Waals surface area contributed by atoms with Gasteiger partial charge in [0.2, 0.25) is 0 Å². The minimum Gasteiger partial charge on any atom is -0.504 e. The van der Waals surface area contributed by atoms with Crippen LogP contribution in [0.25, 0.3) is 5.65 Å². The molecule has 0 spiro atoms. The maximum atomic E-state index is 12.7. The molecule has 0 bridgehead atoms. The number of benzene rings is 1. The Bertz CT molecular complexity index is 1040. The van der Waals surface area contributed by atoms with Gasteiger partial charge in [0.1, 0.15) is 17.4 Å². The summed E-state index contributed by atoms with van der Waals surface area (Å²) >= 11 is 0. The Morgan fingerprint density at radius 3 is 2.96 bits per heavy atom. The molecule has 2 aromatic heterocycles. The molecule has 0 saturated carbocycles. The van der Waals surface area contributed by atoms with Crippen molar-refractivity contribution in [2.45, 2.75) is 12.5 Å². The van der Waals surface area contributed by atoms with Gasteiger partial charge in [0.15, 0.2) is 11.4 Å². The van der Waals surface area contributed by atoms with Gasteiger partial charge in [-0.05, 0) is 23.8 Å². The van der Waals surface area contributed by atoms with E-state index < -0.39 is 11.5 Å². The SMILES string of the molecule is CN(C[C@@H]1Cc2ccccc2O1)C(=O)c1cnc2c(O)cccn2c1=O. The number of ether oxygens (including phenoxy) is 1. The van der Waals surface area contributed by atoms with Crippen LogP contribution in [0.5, 0.6) is 11.5 Å². The normalized spacial score (nSPS) is 15.5. The van der Waals surface area contributed by atoms with Crippen molar-refractivity contribution in [3.63, 3.8) is 0 Å². The number of likely N-dealkylation sites (N-methyl/N-ethyl adjacent to an activating group) is 1. The van der Waals surface area contributed by atoms with Gasteiger partial charge in [-0.1, -0.05) is 18.2 Å². The molecule has 7 heteroatoms. The van der Waals surface area contributed by atoms with Crippen LogP contribution in [0.2, 0.25) is 0 Å². The summed E-state index contributed by atoms with van der Waals surface area (Å²) in [5.74, 6) is 0.287. The monoisotopic (exact) mass is 351 g/mol. The fourth-order valence-electron chi connectivity index (χ4n) is 3.19. The van der Waals surface area contributed by atoms with E-state index in [2.05, 4.69) is 4.98 Å². The van der Waals surface area contributed by atoms with Crippen molar-refractivity contribution in [1.82, 2.24) is 14.3 Å². The van der Waals surface area contributed by atoms with Gasteiger partial charge in [-0.2, -0.15) is 0 Å². The second kappa shape index (κ2) is 6.18. The van der Waals surface area contributed by atoms with Crippen LogP contribution in [0.1, 0.15) is 15.9 Å². The van der Waals surface area contributed by atoms with Gasteiger partial charge in [-0.25, -0.2) is 4.98 Å². The predicted molar refractivity (Wildman–Crippen MR) is 94.6 cm³/mol. The lowest BCUT2D eigenvalue weighted by Gasteiger charge is -2.21. The number of carbonyl (C=O) groups excluding carboxylic acids is 1. The Balaban J connectivity index is 1.55. The maximum Gasteiger partial charge on any atom is 0.270 e. The molecular weight excluding hydrogens is 334 g/mol.